The van der Waals surface area contributed by atoms with Gasteiger partial charge in [0.05, 0.1) is 19.5 Å². The Balaban J connectivity index is 1.58. The largest absolute Gasteiger partial charge is 0.490 e. The first-order valence-corrected chi connectivity index (χ1v) is 9.35. The van der Waals surface area contributed by atoms with Gasteiger partial charge in [0.15, 0.2) is 17.3 Å². The highest BCUT2D eigenvalue weighted by Gasteiger charge is 2.31. The molecule has 0 saturated carbocycles. The second kappa shape index (κ2) is 7.75. The minimum absolute atomic E-state index is 0.0392. The van der Waals surface area contributed by atoms with Gasteiger partial charge in [-0.3, -0.25) is 9.89 Å². The number of aryl methyl sites for hydroxylation is 1. The molecule has 1 unspecified atom stereocenters. The van der Waals surface area contributed by atoms with Crippen molar-refractivity contribution in [2.75, 3.05) is 18.5 Å². The Kier molecular flexibility index (Phi) is 5.01. The second-order valence-corrected chi connectivity index (χ2v) is 6.70. The summed E-state index contributed by atoms with van der Waals surface area (Å²) in [6, 6.07) is 5.87. The first-order chi connectivity index (χ1) is 13.7. The predicted octanol–water partition coefficient (Wildman–Crippen LogP) is 2.87. The summed E-state index contributed by atoms with van der Waals surface area (Å²) >= 11 is 0. The molecule has 3 aromatic rings. The third-order valence-electron chi connectivity index (χ3n) is 4.83. The molecule has 0 aliphatic carbocycles. The van der Waals surface area contributed by atoms with E-state index in [4.69, 9.17) is 9.47 Å². The Morgan fingerprint density at radius 2 is 2.18 bits per heavy atom. The van der Waals surface area contributed by atoms with Crippen LogP contribution < -0.4 is 14.8 Å². The monoisotopic (exact) mass is 381 g/mol. The molecular weight excluding hydrogens is 358 g/mol. The van der Waals surface area contributed by atoms with Crippen LogP contribution >= 0.6 is 0 Å². The molecule has 0 bridgehead atoms. The van der Waals surface area contributed by atoms with E-state index in [9.17, 15) is 4.79 Å². The Bertz CT molecular complexity index is 964. The van der Waals surface area contributed by atoms with Crippen molar-refractivity contribution in [3.8, 4) is 11.5 Å². The SMILES string of the molecule is CCOc1cc(C2CC(=O)Nc3n[nH]c(C)c32)ccc1OCCn1ccnc1. The number of benzene rings is 1. The van der Waals surface area contributed by atoms with Crippen molar-refractivity contribution in [3.63, 3.8) is 0 Å². The quantitative estimate of drug-likeness (QED) is 0.656. The number of aromatic nitrogens is 4. The molecule has 0 spiro atoms. The summed E-state index contributed by atoms with van der Waals surface area (Å²) < 4.78 is 13.7. The number of aromatic amines is 1. The topological polar surface area (TPSA) is 94.1 Å². The average molecular weight is 381 g/mol. The molecule has 2 aromatic heterocycles. The van der Waals surface area contributed by atoms with Crippen LogP contribution in [0.4, 0.5) is 5.82 Å². The lowest BCUT2D eigenvalue weighted by atomic mass is 9.85. The molecule has 2 N–H and O–H groups in total. The van der Waals surface area contributed by atoms with E-state index in [1.54, 1.807) is 12.5 Å². The first kappa shape index (κ1) is 18.1. The van der Waals surface area contributed by atoms with Crippen LogP contribution in [0.5, 0.6) is 11.5 Å². The number of H-pyrrole nitrogens is 1. The number of rotatable bonds is 7. The van der Waals surface area contributed by atoms with Crippen molar-refractivity contribution in [2.45, 2.75) is 32.7 Å². The van der Waals surface area contributed by atoms with Crippen molar-refractivity contribution in [3.05, 3.63) is 53.7 Å². The second-order valence-electron chi connectivity index (χ2n) is 6.70. The maximum absolute atomic E-state index is 12.1. The van der Waals surface area contributed by atoms with Crippen LogP contribution in [0.25, 0.3) is 0 Å². The van der Waals surface area contributed by atoms with Gasteiger partial charge in [-0.05, 0) is 31.5 Å². The molecule has 1 aromatic carbocycles. The third kappa shape index (κ3) is 3.58. The van der Waals surface area contributed by atoms with Gasteiger partial charge in [0, 0.05) is 36.0 Å². The molecule has 0 saturated heterocycles. The first-order valence-electron chi connectivity index (χ1n) is 9.35. The Hall–Kier alpha value is -3.29. The van der Waals surface area contributed by atoms with Crippen LogP contribution in [-0.4, -0.2) is 38.9 Å². The highest BCUT2D eigenvalue weighted by Crippen LogP contribution is 2.40. The molecule has 0 radical (unpaired) electrons. The molecule has 4 rings (SSSR count). The molecule has 146 valence electrons. The van der Waals surface area contributed by atoms with E-state index in [1.807, 2.05) is 42.8 Å². The summed E-state index contributed by atoms with van der Waals surface area (Å²) in [7, 11) is 0. The number of hydrogen-bond acceptors (Lipinski definition) is 5. The predicted molar refractivity (Wildman–Crippen MR) is 104 cm³/mol. The van der Waals surface area contributed by atoms with E-state index in [2.05, 4.69) is 20.5 Å². The van der Waals surface area contributed by atoms with Gasteiger partial charge in [0.1, 0.15) is 6.61 Å². The number of carbonyl (C=O) groups is 1. The summed E-state index contributed by atoms with van der Waals surface area (Å²) in [6.45, 7) is 5.64. The fraction of sp³-hybridized carbons (Fsp3) is 0.350. The fourth-order valence-electron chi connectivity index (χ4n) is 3.52. The summed E-state index contributed by atoms with van der Waals surface area (Å²) in [5, 5.41) is 10.00. The number of imidazole rings is 1. The molecule has 8 nitrogen and oxygen atoms in total. The van der Waals surface area contributed by atoms with Crippen molar-refractivity contribution in [1.82, 2.24) is 19.7 Å². The highest BCUT2D eigenvalue weighted by atomic mass is 16.5. The zero-order chi connectivity index (χ0) is 19.5. The smallest absolute Gasteiger partial charge is 0.226 e. The number of ether oxygens (including phenoxy) is 2. The minimum atomic E-state index is -0.0679. The van der Waals surface area contributed by atoms with Gasteiger partial charge < -0.3 is 19.4 Å². The number of nitrogens with zero attached hydrogens (tertiary/aromatic N) is 3. The van der Waals surface area contributed by atoms with Crippen LogP contribution in [0.2, 0.25) is 0 Å². The zero-order valence-electron chi connectivity index (χ0n) is 15.9. The van der Waals surface area contributed by atoms with Gasteiger partial charge in [0.25, 0.3) is 0 Å². The zero-order valence-corrected chi connectivity index (χ0v) is 15.9. The van der Waals surface area contributed by atoms with Crippen molar-refractivity contribution < 1.29 is 14.3 Å². The Labute approximate surface area is 162 Å². The van der Waals surface area contributed by atoms with Gasteiger partial charge >= 0.3 is 0 Å². The number of amides is 1. The average Bonchev–Trinajstić information content (AvgIpc) is 3.32. The van der Waals surface area contributed by atoms with Crippen LogP contribution in [0.3, 0.4) is 0 Å². The van der Waals surface area contributed by atoms with Crippen molar-refractivity contribution in [2.24, 2.45) is 0 Å². The summed E-state index contributed by atoms with van der Waals surface area (Å²) in [5.41, 5.74) is 2.99. The molecule has 1 atom stereocenters. The highest BCUT2D eigenvalue weighted by molar-refractivity contribution is 5.94. The molecule has 3 heterocycles. The van der Waals surface area contributed by atoms with E-state index in [0.717, 1.165) is 16.8 Å². The Morgan fingerprint density at radius 1 is 1.29 bits per heavy atom. The van der Waals surface area contributed by atoms with Crippen LogP contribution in [0.15, 0.2) is 36.9 Å². The molecule has 0 fully saturated rings. The van der Waals surface area contributed by atoms with E-state index in [-0.39, 0.29) is 11.8 Å². The minimum Gasteiger partial charge on any atom is -0.490 e. The van der Waals surface area contributed by atoms with E-state index in [0.29, 0.717) is 43.5 Å². The number of hydrogen-bond donors (Lipinski definition) is 2. The summed E-state index contributed by atoms with van der Waals surface area (Å²) in [5.74, 6) is 1.87. The summed E-state index contributed by atoms with van der Waals surface area (Å²) in [4.78, 5) is 16.1. The van der Waals surface area contributed by atoms with Gasteiger partial charge in [-0.25, -0.2) is 4.98 Å². The molecule has 1 aliphatic heterocycles. The third-order valence-corrected chi connectivity index (χ3v) is 4.83. The van der Waals surface area contributed by atoms with Crippen LogP contribution in [0, 0.1) is 6.92 Å². The van der Waals surface area contributed by atoms with Gasteiger partial charge in [-0.1, -0.05) is 6.07 Å². The van der Waals surface area contributed by atoms with Crippen LogP contribution in [-0.2, 0) is 11.3 Å². The normalized spacial score (nSPS) is 15.8. The van der Waals surface area contributed by atoms with Crippen molar-refractivity contribution in [1.29, 1.82) is 0 Å². The molecular formula is C20H23N5O3. The maximum Gasteiger partial charge on any atom is 0.226 e. The number of carbonyl (C=O) groups excluding carboxylic acids is 1. The lowest BCUT2D eigenvalue weighted by molar-refractivity contribution is -0.116. The Morgan fingerprint density at radius 3 is 2.96 bits per heavy atom. The summed E-state index contributed by atoms with van der Waals surface area (Å²) in [6.07, 6.45) is 5.77. The number of nitrogens with one attached hydrogen (secondary N) is 2. The molecule has 1 amide bonds. The van der Waals surface area contributed by atoms with Crippen LogP contribution in [0.1, 0.15) is 36.1 Å². The van der Waals surface area contributed by atoms with Crippen molar-refractivity contribution >= 4 is 11.7 Å². The lowest BCUT2D eigenvalue weighted by Gasteiger charge is -2.24. The number of fused-ring (bicyclic) bond motifs is 1. The fourth-order valence-corrected chi connectivity index (χ4v) is 3.52. The maximum atomic E-state index is 12.1. The van der Waals surface area contributed by atoms with E-state index >= 15 is 0 Å². The van der Waals surface area contributed by atoms with E-state index < -0.39 is 0 Å². The molecule has 8 heteroatoms. The molecule has 1 aliphatic rings. The van der Waals surface area contributed by atoms with Gasteiger partial charge in [0.2, 0.25) is 5.91 Å². The standard InChI is InChI=1S/C20H23N5O3/c1-3-27-17-10-14(4-5-16(17)28-9-8-25-7-6-21-12-25)15-11-18(26)22-20-19(15)13(2)23-24-20/h4-7,10,12,15H,3,8-9,11H2,1-2H3,(H2,22,23,24,26). The molecule has 28 heavy (non-hydrogen) atoms. The lowest BCUT2D eigenvalue weighted by Crippen LogP contribution is -2.23. The number of anilines is 1. The van der Waals surface area contributed by atoms with E-state index in [1.165, 1.54) is 0 Å². The van der Waals surface area contributed by atoms with Gasteiger partial charge in [-0.2, -0.15) is 5.10 Å². The van der Waals surface area contributed by atoms with Gasteiger partial charge in [-0.15, -0.1) is 0 Å².